The van der Waals surface area contributed by atoms with E-state index in [0.29, 0.717) is 23.3 Å². The molecule has 0 saturated heterocycles. The van der Waals surface area contributed by atoms with Crippen LogP contribution in [-0.4, -0.2) is 57.2 Å². The Morgan fingerprint density at radius 2 is 0.258 bits per heavy atom. The highest BCUT2D eigenvalue weighted by molar-refractivity contribution is 7.22. The highest BCUT2D eigenvalue weighted by Crippen LogP contribution is 2.33. The summed E-state index contributed by atoms with van der Waals surface area (Å²) in [5, 5.41) is 20.5. The van der Waals surface area contributed by atoms with Crippen LogP contribution in [0.3, 0.4) is 0 Å². The molecule has 18 aromatic carbocycles. The predicted octanol–water partition coefficient (Wildman–Crippen LogP) is 15.8. The fourth-order valence-corrected chi connectivity index (χ4v) is 38.3. The Morgan fingerprint density at radius 1 is 0.105 bits per heavy atom. The molecule has 0 amide bonds. The van der Waals surface area contributed by atoms with Crippen molar-refractivity contribution < 1.29 is 0 Å². The number of hydrogen-bond donors (Lipinski definition) is 0. The quantitative estimate of drug-likeness (QED) is 0.0472. The lowest BCUT2D eigenvalue weighted by molar-refractivity contribution is 1.07. The highest BCUT2D eigenvalue weighted by atomic mass is 28.3. The molecular formula is C115H85N5Si4. The average Bonchev–Trinajstić information content (AvgIpc) is 0.745. The summed E-state index contributed by atoms with van der Waals surface area (Å²) in [7, 11) is -11.9. The largest absolute Gasteiger partial charge is 0.228 e. The molecule has 124 heavy (non-hydrogen) atoms. The smallest absolute Gasteiger partial charge is 0.179 e. The van der Waals surface area contributed by atoms with Crippen molar-refractivity contribution in [2.75, 3.05) is 0 Å². The molecule has 2 heterocycles. The molecule has 0 atom stereocenters. The predicted molar refractivity (Wildman–Crippen MR) is 528 cm³/mol. The second kappa shape index (κ2) is 34.6. The van der Waals surface area contributed by atoms with Crippen molar-refractivity contribution in [2.45, 2.75) is 0 Å². The van der Waals surface area contributed by atoms with Gasteiger partial charge in [0.15, 0.2) is 55.6 Å². The molecule has 5 nitrogen and oxygen atoms in total. The molecule has 0 saturated carbocycles. The van der Waals surface area contributed by atoms with E-state index in [-0.39, 0.29) is 0 Å². The topological polar surface area (TPSA) is 64.5 Å². The Hall–Kier alpha value is -15.1. The minimum absolute atomic E-state index is 0.568. The van der Waals surface area contributed by atoms with Gasteiger partial charge in [0, 0.05) is 33.4 Å². The fourth-order valence-electron chi connectivity index (χ4n) is 19.1. The van der Waals surface area contributed by atoms with Gasteiger partial charge in [-0.15, -0.1) is 0 Å². The van der Waals surface area contributed by atoms with Crippen LogP contribution in [0.25, 0.3) is 79.2 Å². The van der Waals surface area contributed by atoms with Crippen molar-refractivity contribution in [3.63, 3.8) is 0 Å². The van der Waals surface area contributed by atoms with Crippen LogP contribution < -0.4 is 83.0 Å². The minimum Gasteiger partial charge on any atom is -0.228 e. The van der Waals surface area contributed by atoms with E-state index in [1.54, 1.807) is 0 Å². The van der Waals surface area contributed by atoms with Crippen LogP contribution in [-0.2, 0) is 0 Å². The van der Waals surface area contributed by atoms with E-state index in [4.69, 9.17) is 24.9 Å². The van der Waals surface area contributed by atoms with Crippen LogP contribution in [0, 0.1) is 0 Å². The van der Waals surface area contributed by atoms with Crippen molar-refractivity contribution >= 4 is 115 Å². The van der Waals surface area contributed by atoms with Gasteiger partial charge in [-0.05, 0) is 100 Å². The standard InChI is InChI=1S/C115H85N5Si4/c1-13-45-94(46-14-1)121(95-47-15-2-16-48-95,96-49-17-3-18-50-96)106-69-37-41-90(81-106)110-85-111(91-42-38-70-107(82-91)122(97-51-19-4-20-52-97,98-53-21-5-22-54-98)99-55-23-6-24-56-99)117-112(116-110)88-77-73-86(74-78-88)87-75-79-89(80-76-87)113-118-114(92-43-39-71-108(83-92)123(100-57-25-7-26-58-100,101-59-27-8-28-60-101)102-61-29-9-30-62-102)120-115(119-113)93-44-40-72-109(84-93)124(103-63-31-10-32-64-103,104-65-33-11-34-66-104)105-67-35-12-36-68-105/h1-85H. The van der Waals surface area contributed by atoms with Crippen LogP contribution in [0.2, 0.25) is 0 Å². The van der Waals surface area contributed by atoms with Gasteiger partial charge < -0.3 is 0 Å². The van der Waals surface area contributed by atoms with Crippen molar-refractivity contribution in [1.29, 1.82) is 0 Å². The van der Waals surface area contributed by atoms with Crippen LogP contribution in [0.1, 0.15) is 0 Å². The van der Waals surface area contributed by atoms with Gasteiger partial charge in [-0.3, -0.25) is 0 Å². The molecule has 0 radical (unpaired) electrons. The van der Waals surface area contributed by atoms with E-state index in [0.717, 1.165) is 55.9 Å². The van der Waals surface area contributed by atoms with E-state index < -0.39 is 32.3 Å². The Bertz CT molecular complexity index is 5850. The molecule has 20 aromatic rings. The number of aromatic nitrogens is 5. The van der Waals surface area contributed by atoms with E-state index in [9.17, 15) is 0 Å². The second-order valence-electron chi connectivity index (χ2n) is 31.6. The molecule has 0 unspecified atom stereocenters. The van der Waals surface area contributed by atoms with E-state index in [2.05, 4.69) is 516 Å². The average molecular weight is 1650 g/mol. The summed E-state index contributed by atoms with van der Waals surface area (Å²) in [6.45, 7) is 0. The molecule has 0 fully saturated rings. The summed E-state index contributed by atoms with van der Waals surface area (Å²) in [5.74, 6) is 2.36. The van der Waals surface area contributed by atoms with Crippen molar-refractivity contribution in [3.05, 3.63) is 516 Å². The van der Waals surface area contributed by atoms with Gasteiger partial charge in [-0.25, -0.2) is 24.9 Å². The zero-order chi connectivity index (χ0) is 83.0. The van der Waals surface area contributed by atoms with E-state index in [1.165, 1.54) is 83.0 Å². The van der Waals surface area contributed by atoms with E-state index in [1.807, 2.05) is 0 Å². The third kappa shape index (κ3) is 14.4. The minimum atomic E-state index is -2.99. The second-order valence-corrected chi connectivity index (χ2v) is 46.9. The van der Waals surface area contributed by atoms with E-state index >= 15 is 0 Å². The Morgan fingerprint density at radius 3 is 0.460 bits per heavy atom. The molecule has 0 bridgehead atoms. The van der Waals surface area contributed by atoms with Gasteiger partial charge in [0.1, 0.15) is 0 Å². The molecule has 2 aromatic heterocycles. The summed E-state index contributed by atoms with van der Waals surface area (Å²) in [5.41, 5.74) is 9.29. The summed E-state index contributed by atoms with van der Waals surface area (Å²) >= 11 is 0. The summed E-state index contributed by atoms with van der Waals surface area (Å²) < 4.78 is 0. The Labute approximate surface area is 729 Å². The monoisotopic (exact) mass is 1650 g/mol. The first-order valence-corrected chi connectivity index (χ1v) is 50.4. The first-order valence-electron chi connectivity index (χ1n) is 42.4. The lowest BCUT2D eigenvalue weighted by Crippen LogP contribution is -2.74. The molecule has 20 rings (SSSR count). The third-order valence-electron chi connectivity index (χ3n) is 24.8. The number of rotatable bonds is 23. The van der Waals surface area contributed by atoms with Gasteiger partial charge in [-0.2, -0.15) is 0 Å². The zero-order valence-electron chi connectivity index (χ0n) is 68.3. The van der Waals surface area contributed by atoms with Crippen LogP contribution in [0.5, 0.6) is 0 Å². The first-order chi connectivity index (χ1) is 61.4. The molecule has 0 aliphatic rings. The lowest BCUT2D eigenvalue weighted by atomic mass is 10.0. The normalized spacial score (nSPS) is 11.7. The Kier molecular flexibility index (Phi) is 21.6. The first kappa shape index (κ1) is 77.5. The highest BCUT2D eigenvalue weighted by Gasteiger charge is 2.46. The van der Waals surface area contributed by atoms with Crippen molar-refractivity contribution in [2.24, 2.45) is 0 Å². The van der Waals surface area contributed by atoms with Gasteiger partial charge in [0.05, 0.1) is 11.4 Å². The fraction of sp³-hybridized carbons (Fsp3) is 0. The van der Waals surface area contributed by atoms with Crippen LogP contribution in [0.4, 0.5) is 0 Å². The summed E-state index contributed by atoms with van der Waals surface area (Å²) in [4.78, 5) is 28.1. The zero-order valence-corrected chi connectivity index (χ0v) is 72.3. The lowest BCUT2D eigenvalue weighted by Gasteiger charge is -2.34. The molecule has 0 aliphatic carbocycles. The molecule has 0 aliphatic heterocycles. The molecule has 0 spiro atoms. The van der Waals surface area contributed by atoms with Crippen LogP contribution >= 0.6 is 0 Å². The van der Waals surface area contributed by atoms with Gasteiger partial charge in [-0.1, -0.05) is 510 Å². The van der Waals surface area contributed by atoms with Gasteiger partial charge in [0.2, 0.25) is 0 Å². The maximum atomic E-state index is 5.67. The van der Waals surface area contributed by atoms with Crippen LogP contribution in [0.15, 0.2) is 516 Å². The molecule has 586 valence electrons. The number of hydrogen-bond acceptors (Lipinski definition) is 5. The number of benzene rings is 18. The van der Waals surface area contributed by atoms with Crippen molar-refractivity contribution in [1.82, 2.24) is 24.9 Å². The maximum Gasteiger partial charge on any atom is 0.179 e. The van der Waals surface area contributed by atoms with Gasteiger partial charge in [0.25, 0.3) is 0 Å². The third-order valence-corrected chi connectivity index (χ3v) is 43.9. The number of nitrogens with zero attached hydrogens (tertiary/aromatic N) is 5. The Balaban J connectivity index is 0.723. The SMILES string of the molecule is c1ccc([Si](c2ccccc2)(c2ccccc2)c2cccc(-c3cc(-c4cccc([Si](c5ccccc5)(c5ccccc5)c5ccccc5)c4)nc(-c4ccc(-c5ccc(-c6nc(-c7cccc([Si](c8ccccc8)(c8ccccc8)c8ccccc8)c7)nc(-c7cccc([Si](c8ccccc8)(c8ccccc8)c8ccccc8)c7)n6)cc5)cc4)n3)c2)cc1. The summed E-state index contributed by atoms with van der Waals surface area (Å²) in [6.07, 6.45) is 0. The van der Waals surface area contributed by atoms with Crippen molar-refractivity contribution in [3.8, 4) is 79.2 Å². The molecular weight excluding hydrogens is 1560 g/mol. The van der Waals surface area contributed by atoms with Gasteiger partial charge >= 0.3 is 0 Å². The molecule has 9 heteroatoms. The maximum absolute atomic E-state index is 5.67. The molecule has 0 N–H and O–H groups in total. The summed E-state index contributed by atoms with van der Waals surface area (Å²) in [6, 6.07) is 189.